The third-order valence-corrected chi connectivity index (χ3v) is 3.46. The molecule has 0 amide bonds. The first kappa shape index (κ1) is 15.4. The number of anilines is 1. The molecular formula is C14H22N2O3. The van der Waals surface area contributed by atoms with Crippen molar-refractivity contribution in [2.75, 3.05) is 11.9 Å². The molecule has 5 heteroatoms. The van der Waals surface area contributed by atoms with E-state index in [0.717, 1.165) is 5.69 Å². The van der Waals surface area contributed by atoms with E-state index in [-0.39, 0.29) is 12.1 Å². The third kappa shape index (κ3) is 3.67. The number of hydrogen-bond donors (Lipinski definition) is 3. The van der Waals surface area contributed by atoms with Gasteiger partial charge in [-0.25, -0.2) is 9.78 Å². The summed E-state index contributed by atoms with van der Waals surface area (Å²) in [6, 6.07) is 1.74. The van der Waals surface area contributed by atoms with E-state index in [2.05, 4.69) is 10.3 Å². The fourth-order valence-electron chi connectivity index (χ4n) is 1.98. The average Bonchev–Trinajstić information content (AvgIpc) is 2.34. The molecule has 0 saturated heterocycles. The second-order valence-corrected chi connectivity index (χ2v) is 4.89. The molecule has 0 saturated carbocycles. The number of aliphatic hydroxyl groups is 1. The zero-order valence-corrected chi connectivity index (χ0v) is 11.9. The number of nitrogens with one attached hydrogen (secondary N) is 1. The van der Waals surface area contributed by atoms with Gasteiger partial charge in [-0.3, -0.25) is 0 Å². The first-order valence-electron chi connectivity index (χ1n) is 6.50. The minimum Gasteiger partial charge on any atom is -0.478 e. The highest BCUT2D eigenvalue weighted by molar-refractivity contribution is 5.94. The van der Waals surface area contributed by atoms with Crippen LogP contribution in [0.15, 0.2) is 6.07 Å². The second kappa shape index (κ2) is 6.02. The predicted molar refractivity (Wildman–Crippen MR) is 74.7 cm³/mol. The van der Waals surface area contributed by atoms with Gasteiger partial charge < -0.3 is 15.5 Å². The van der Waals surface area contributed by atoms with Crippen molar-refractivity contribution in [2.45, 2.75) is 46.1 Å². The van der Waals surface area contributed by atoms with Crippen LogP contribution in [0.4, 0.5) is 5.82 Å². The van der Waals surface area contributed by atoms with Crippen molar-refractivity contribution in [3.8, 4) is 0 Å². The zero-order valence-electron chi connectivity index (χ0n) is 11.9. The quantitative estimate of drug-likeness (QED) is 0.736. The number of carboxylic acid groups (broad SMARTS) is 1. The molecule has 1 aromatic heterocycles. The average molecular weight is 266 g/mol. The highest BCUT2D eigenvalue weighted by atomic mass is 16.4. The third-order valence-electron chi connectivity index (χ3n) is 3.46. The van der Waals surface area contributed by atoms with Crippen molar-refractivity contribution >= 4 is 11.8 Å². The van der Waals surface area contributed by atoms with E-state index >= 15 is 0 Å². The van der Waals surface area contributed by atoms with Crippen molar-refractivity contribution in [3.63, 3.8) is 0 Å². The van der Waals surface area contributed by atoms with E-state index in [1.54, 1.807) is 13.0 Å². The molecule has 1 aromatic rings. The van der Waals surface area contributed by atoms with E-state index in [1.165, 1.54) is 0 Å². The Balaban J connectivity index is 3.04. The molecule has 19 heavy (non-hydrogen) atoms. The number of carboxylic acids is 1. The summed E-state index contributed by atoms with van der Waals surface area (Å²) in [5, 5.41) is 22.4. The van der Waals surface area contributed by atoms with Gasteiger partial charge in [0.25, 0.3) is 0 Å². The Bertz CT molecular complexity index is 468. The van der Waals surface area contributed by atoms with Crippen molar-refractivity contribution in [1.82, 2.24) is 4.98 Å². The topological polar surface area (TPSA) is 82.5 Å². The van der Waals surface area contributed by atoms with Crippen LogP contribution in [0.5, 0.6) is 0 Å². The molecule has 0 bridgehead atoms. The van der Waals surface area contributed by atoms with Crippen LogP contribution in [0.25, 0.3) is 0 Å². The molecule has 5 nitrogen and oxygen atoms in total. The summed E-state index contributed by atoms with van der Waals surface area (Å²) in [6.45, 7) is 7.65. The standard InChI is InChI=1S/C14H22N2O3/c1-5-14(19,6-2)8-15-12-11(13(17)18)9(3)7-10(4)16-12/h7,19H,5-6,8H2,1-4H3,(H,15,16)(H,17,18). The van der Waals surface area contributed by atoms with Gasteiger partial charge in [-0.2, -0.15) is 0 Å². The molecule has 0 aliphatic heterocycles. The molecule has 0 radical (unpaired) electrons. The van der Waals surface area contributed by atoms with Gasteiger partial charge in [-0.15, -0.1) is 0 Å². The molecule has 106 valence electrons. The summed E-state index contributed by atoms with van der Waals surface area (Å²) in [6.07, 6.45) is 1.20. The normalized spacial score (nSPS) is 11.4. The fraction of sp³-hybridized carbons (Fsp3) is 0.571. The second-order valence-electron chi connectivity index (χ2n) is 4.89. The summed E-state index contributed by atoms with van der Waals surface area (Å²) in [7, 11) is 0. The number of pyridine rings is 1. The van der Waals surface area contributed by atoms with E-state index in [1.807, 2.05) is 20.8 Å². The van der Waals surface area contributed by atoms with E-state index in [0.29, 0.717) is 24.2 Å². The highest BCUT2D eigenvalue weighted by Crippen LogP contribution is 2.21. The first-order chi connectivity index (χ1) is 8.83. The largest absolute Gasteiger partial charge is 0.478 e. The van der Waals surface area contributed by atoms with Gasteiger partial charge in [0.2, 0.25) is 0 Å². The number of carbonyl (C=O) groups is 1. The molecule has 1 heterocycles. The lowest BCUT2D eigenvalue weighted by Gasteiger charge is -2.26. The van der Waals surface area contributed by atoms with Gasteiger partial charge in [0, 0.05) is 12.2 Å². The van der Waals surface area contributed by atoms with Crippen molar-refractivity contribution in [2.24, 2.45) is 0 Å². The lowest BCUT2D eigenvalue weighted by Crippen LogP contribution is -2.36. The van der Waals surface area contributed by atoms with E-state index in [9.17, 15) is 15.0 Å². The lowest BCUT2D eigenvalue weighted by atomic mass is 9.97. The molecule has 3 N–H and O–H groups in total. The maximum Gasteiger partial charge on any atom is 0.339 e. The number of aromatic nitrogens is 1. The smallest absolute Gasteiger partial charge is 0.339 e. The maximum atomic E-state index is 11.3. The summed E-state index contributed by atoms with van der Waals surface area (Å²) < 4.78 is 0. The Morgan fingerprint density at radius 2 is 1.95 bits per heavy atom. The molecule has 1 rings (SSSR count). The van der Waals surface area contributed by atoms with Crippen LogP contribution >= 0.6 is 0 Å². The molecule has 0 unspecified atom stereocenters. The van der Waals surface area contributed by atoms with E-state index < -0.39 is 11.6 Å². The molecule has 0 aliphatic rings. The highest BCUT2D eigenvalue weighted by Gasteiger charge is 2.23. The monoisotopic (exact) mass is 266 g/mol. The van der Waals surface area contributed by atoms with E-state index in [4.69, 9.17) is 0 Å². The summed E-state index contributed by atoms with van der Waals surface area (Å²) in [4.78, 5) is 15.5. The lowest BCUT2D eigenvalue weighted by molar-refractivity contribution is 0.0454. The Morgan fingerprint density at radius 1 is 1.37 bits per heavy atom. The van der Waals surface area contributed by atoms with Gasteiger partial charge in [0.15, 0.2) is 0 Å². The van der Waals surface area contributed by atoms with Crippen LogP contribution in [0, 0.1) is 13.8 Å². The Morgan fingerprint density at radius 3 is 2.42 bits per heavy atom. The van der Waals surface area contributed by atoms with Crippen molar-refractivity contribution < 1.29 is 15.0 Å². The van der Waals surface area contributed by atoms with Crippen LogP contribution < -0.4 is 5.32 Å². The van der Waals surface area contributed by atoms with Crippen molar-refractivity contribution in [3.05, 3.63) is 22.9 Å². The van der Waals surface area contributed by atoms with Gasteiger partial charge in [-0.05, 0) is 38.3 Å². The SMILES string of the molecule is CCC(O)(CC)CNc1nc(C)cc(C)c1C(=O)O. The first-order valence-corrected chi connectivity index (χ1v) is 6.50. The molecule has 0 spiro atoms. The maximum absolute atomic E-state index is 11.3. The molecule has 0 aromatic carbocycles. The molecule has 0 atom stereocenters. The Kier molecular flexibility index (Phi) is 4.89. The van der Waals surface area contributed by atoms with Gasteiger partial charge in [-0.1, -0.05) is 13.8 Å². The molecular weight excluding hydrogens is 244 g/mol. The minimum atomic E-state index is -1.01. The van der Waals surface area contributed by atoms with Gasteiger partial charge in [0.1, 0.15) is 11.4 Å². The number of hydrogen-bond acceptors (Lipinski definition) is 4. The number of aryl methyl sites for hydroxylation is 2. The zero-order chi connectivity index (χ0) is 14.6. The molecule has 0 fully saturated rings. The van der Waals surface area contributed by atoms with Crippen LogP contribution in [0.2, 0.25) is 0 Å². The van der Waals surface area contributed by atoms with Crippen molar-refractivity contribution in [1.29, 1.82) is 0 Å². The van der Waals surface area contributed by atoms with Crippen LogP contribution in [-0.2, 0) is 0 Å². The minimum absolute atomic E-state index is 0.167. The fourth-order valence-corrected chi connectivity index (χ4v) is 1.98. The number of rotatable bonds is 6. The molecule has 0 aliphatic carbocycles. The summed E-state index contributed by atoms with van der Waals surface area (Å²) >= 11 is 0. The number of aromatic carboxylic acids is 1. The summed E-state index contributed by atoms with van der Waals surface area (Å²) in [5.41, 5.74) is 0.746. The van der Waals surface area contributed by atoms with Gasteiger partial charge in [0.05, 0.1) is 5.60 Å². The Labute approximate surface area is 113 Å². The Hall–Kier alpha value is -1.62. The number of nitrogens with zero attached hydrogens (tertiary/aromatic N) is 1. The van der Waals surface area contributed by atoms with Gasteiger partial charge >= 0.3 is 5.97 Å². The van der Waals surface area contributed by atoms with Crippen LogP contribution in [0.3, 0.4) is 0 Å². The van der Waals surface area contributed by atoms with Crippen LogP contribution in [0.1, 0.15) is 48.3 Å². The predicted octanol–water partition coefficient (Wildman–Crippen LogP) is 2.36. The summed E-state index contributed by atoms with van der Waals surface area (Å²) in [5.74, 6) is -0.686. The van der Waals surface area contributed by atoms with Crippen LogP contribution in [-0.4, -0.2) is 33.3 Å².